The predicted molar refractivity (Wildman–Crippen MR) is 80.1 cm³/mol. The van der Waals surface area contributed by atoms with Crippen molar-refractivity contribution in [2.24, 2.45) is 11.7 Å². The molecule has 2 fully saturated rings. The molecule has 2 aliphatic heterocycles. The van der Waals surface area contributed by atoms with E-state index >= 15 is 0 Å². The van der Waals surface area contributed by atoms with Crippen LogP contribution in [0.15, 0.2) is 0 Å². The van der Waals surface area contributed by atoms with Crippen LogP contribution in [-0.4, -0.2) is 67.2 Å². The van der Waals surface area contributed by atoms with E-state index in [1.54, 1.807) is 6.92 Å². The van der Waals surface area contributed by atoms with Gasteiger partial charge in [0.1, 0.15) is 0 Å². The number of ether oxygens (including phenoxy) is 1. The highest BCUT2D eigenvalue weighted by Gasteiger charge is 2.37. The standard InChI is InChI=1S/C12H23N3O2.2ClH/c1-9-7-15(12(16)10(2)13)8-11(9)14-3-5-17-6-4-14;;/h9-11H,3-8,13H2,1-2H3;2*1H/t9?,10-,11?;;/m1../s1. The molecule has 19 heavy (non-hydrogen) atoms. The molecule has 2 unspecified atom stereocenters. The Kier molecular flexibility index (Phi) is 8.24. The van der Waals surface area contributed by atoms with E-state index in [9.17, 15) is 4.79 Å². The molecule has 2 N–H and O–H groups in total. The maximum atomic E-state index is 11.9. The van der Waals surface area contributed by atoms with Crippen molar-refractivity contribution < 1.29 is 9.53 Å². The summed E-state index contributed by atoms with van der Waals surface area (Å²) in [6.07, 6.45) is 0. The molecule has 7 heteroatoms. The van der Waals surface area contributed by atoms with Gasteiger partial charge in [0.2, 0.25) is 5.91 Å². The molecular formula is C12H25Cl2N3O2. The van der Waals surface area contributed by atoms with Crippen molar-refractivity contribution in [3.05, 3.63) is 0 Å². The lowest BCUT2D eigenvalue weighted by molar-refractivity contribution is -0.131. The van der Waals surface area contributed by atoms with E-state index in [1.165, 1.54) is 0 Å². The van der Waals surface area contributed by atoms with Crippen LogP contribution in [0.25, 0.3) is 0 Å². The largest absolute Gasteiger partial charge is 0.379 e. The summed E-state index contributed by atoms with van der Waals surface area (Å²) < 4.78 is 5.36. The number of likely N-dealkylation sites (tertiary alicyclic amines) is 1. The zero-order valence-electron chi connectivity index (χ0n) is 11.6. The molecule has 2 heterocycles. The third-order valence-corrected chi connectivity index (χ3v) is 3.79. The molecule has 0 radical (unpaired) electrons. The summed E-state index contributed by atoms with van der Waals surface area (Å²) in [5.41, 5.74) is 5.66. The van der Waals surface area contributed by atoms with Gasteiger partial charge in [-0.15, -0.1) is 24.8 Å². The summed E-state index contributed by atoms with van der Waals surface area (Å²) >= 11 is 0. The van der Waals surface area contributed by atoms with Crippen molar-refractivity contribution in [3.63, 3.8) is 0 Å². The minimum Gasteiger partial charge on any atom is -0.379 e. The van der Waals surface area contributed by atoms with E-state index in [0.29, 0.717) is 12.0 Å². The highest BCUT2D eigenvalue weighted by Crippen LogP contribution is 2.23. The van der Waals surface area contributed by atoms with Crippen LogP contribution in [-0.2, 0) is 9.53 Å². The zero-order valence-corrected chi connectivity index (χ0v) is 13.2. The van der Waals surface area contributed by atoms with Gasteiger partial charge in [0.15, 0.2) is 0 Å². The lowest BCUT2D eigenvalue weighted by atomic mass is 10.0. The van der Waals surface area contributed by atoms with Crippen molar-refractivity contribution in [2.75, 3.05) is 39.4 Å². The summed E-state index contributed by atoms with van der Waals surface area (Å²) in [6.45, 7) is 9.22. The molecule has 2 aliphatic rings. The Morgan fingerprint density at radius 2 is 1.84 bits per heavy atom. The van der Waals surface area contributed by atoms with Gasteiger partial charge in [-0.3, -0.25) is 9.69 Å². The second kappa shape index (κ2) is 8.27. The van der Waals surface area contributed by atoms with E-state index in [-0.39, 0.29) is 36.8 Å². The van der Waals surface area contributed by atoms with Gasteiger partial charge in [-0.2, -0.15) is 0 Å². The molecule has 0 aromatic carbocycles. The Morgan fingerprint density at radius 1 is 1.26 bits per heavy atom. The van der Waals surface area contributed by atoms with Crippen LogP contribution < -0.4 is 5.73 Å². The summed E-state index contributed by atoms with van der Waals surface area (Å²) in [7, 11) is 0. The smallest absolute Gasteiger partial charge is 0.239 e. The first kappa shape index (κ1) is 18.9. The van der Waals surface area contributed by atoms with E-state index in [4.69, 9.17) is 10.5 Å². The molecule has 1 amide bonds. The predicted octanol–water partition coefficient (Wildman–Crippen LogP) is 0.356. The van der Waals surface area contributed by atoms with Gasteiger partial charge >= 0.3 is 0 Å². The number of morpholine rings is 1. The Labute approximate surface area is 127 Å². The summed E-state index contributed by atoms with van der Waals surface area (Å²) in [6, 6.07) is 0.0900. The molecule has 114 valence electrons. The number of carbonyl (C=O) groups is 1. The van der Waals surface area contributed by atoms with Crippen molar-refractivity contribution in [1.29, 1.82) is 0 Å². The van der Waals surface area contributed by atoms with Crippen LogP contribution in [0.3, 0.4) is 0 Å². The molecule has 0 bridgehead atoms. The molecule has 3 atom stereocenters. The Bertz CT molecular complexity index is 286. The maximum absolute atomic E-state index is 11.9. The number of halogens is 2. The molecule has 0 spiro atoms. The highest BCUT2D eigenvalue weighted by molar-refractivity contribution is 5.85. The number of carbonyl (C=O) groups excluding carboxylic acids is 1. The van der Waals surface area contributed by atoms with E-state index in [0.717, 1.165) is 39.4 Å². The van der Waals surface area contributed by atoms with Crippen molar-refractivity contribution in [2.45, 2.75) is 25.9 Å². The minimum atomic E-state index is -0.384. The summed E-state index contributed by atoms with van der Waals surface area (Å²) in [5, 5.41) is 0. The second-order valence-electron chi connectivity index (χ2n) is 5.22. The number of rotatable bonds is 2. The van der Waals surface area contributed by atoms with E-state index in [2.05, 4.69) is 11.8 Å². The minimum absolute atomic E-state index is 0. The summed E-state index contributed by atoms with van der Waals surface area (Å²) in [5.74, 6) is 0.600. The van der Waals surface area contributed by atoms with Gasteiger partial charge in [0, 0.05) is 32.2 Å². The zero-order chi connectivity index (χ0) is 12.4. The number of nitrogens with zero attached hydrogens (tertiary/aromatic N) is 2. The first-order valence-corrected chi connectivity index (χ1v) is 6.45. The molecule has 2 saturated heterocycles. The maximum Gasteiger partial charge on any atom is 0.239 e. The third-order valence-electron chi connectivity index (χ3n) is 3.79. The van der Waals surface area contributed by atoms with Crippen LogP contribution in [0.4, 0.5) is 0 Å². The molecule has 2 rings (SSSR count). The number of amides is 1. The van der Waals surface area contributed by atoms with Crippen molar-refractivity contribution in [1.82, 2.24) is 9.80 Å². The first-order chi connectivity index (χ1) is 8.09. The van der Waals surface area contributed by atoms with Crippen molar-refractivity contribution >= 4 is 30.7 Å². The Balaban J connectivity index is 0.00000162. The van der Waals surface area contributed by atoms with Crippen LogP contribution in [0.1, 0.15) is 13.8 Å². The van der Waals surface area contributed by atoms with Crippen molar-refractivity contribution in [3.8, 4) is 0 Å². The number of hydrogen-bond acceptors (Lipinski definition) is 4. The lowest BCUT2D eigenvalue weighted by Gasteiger charge is -2.34. The van der Waals surface area contributed by atoms with E-state index in [1.807, 2.05) is 4.90 Å². The third kappa shape index (κ3) is 4.46. The van der Waals surface area contributed by atoms with Gasteiger partial charge in [0.25, 0.3) is 0 Å². The van der Waals surface area contributed by atoms with Gasteiger partial charge in [-0.1, -0.05) is 6.92 Å². The number of nitrogens with two attached hydrogens (primary N) is 1. The molecule has 0 aromatic rings. The lowest BCUT2D eigenvalue weighted by Crippen LogP contribution is -2.47. The fourth-order valence-electron chi connectivity index (χ4n) is 2.80. The SMILES string of the molecule is CC1CN(C(=O)[C@@H](C)N)CC1N1CCOCC1.Cl.Cl. The second-order valence-corrected chi connectivity index (χ2v) is 5.22. The van der Waals surface area contributed by atoms with Gasteiger partial charge in [0.05, 0.1) is 19.3 Å². The fraction of sp³-hybridized carbons (Fsp3) is 0.917. The van der Waals surface area contributed by atoms with E-state index < -0.39 is 0 Å². The highest BCUT2D eigenvalue weighted by atomic mass is 35.5. The number of hydrogen-bond donors (Lipinski definition) is 1. The molecule has 0 aromatic heterocycles. The Hall–Kier alpha value is -0.0700. The normalized spacial score (nSPS) is 29.3. The van der Waals surface area contributed by atoms with Crippen LogP contribution in [0.2, 0.25) is 0 Å². The Morgan fingerprint density at radius 3 is 2.37 bits per heavy atom. The molecule has 0 aliphatic carbocycles. The topological polar surface area (TPSA) is 58.8 Å². The average Bonchev–Trinajstić information content (AvgIpc) is 2.71. The van der Waals surface area contributed by atoms with Gasteiger partial charge < -0.3 is 15.4 Å². The molecule has 0 saturated carbocycles. The quantitative estimate of drug-likeness (QED) is 0.799. The van der Waals surface area contributed by atoms with Gasteiger partial charge in [-0.05, 0) is 12.8 Å². The monoisotopic (exact) mass is 313 g/mol. The van der Waals surface area contributed by atoms with Crippen LogP contribution in [0.5, 0.6) is 0 Å². The average molecular weight is 314 g/mol. The molecular weight excluding hydrogens is 289 g/mol. The molecule has 5 nitrogen and oxygen atoms in total. The van der Waals surface area contributed by atoms with Gasteiger partial charge in [-0.25, -0.2) is 0 Å². The van der Waals surface area contributed by atoms with Crippen LogP contribution in [0, 0.1) is 5.92 Å². The fourth-order valence-corrected chi connectivity index (χ4v) is 2.80. The van der Waals surface area contributed by atoms with Crippen LogP contribution >= 0.6 is 24.8 Å². The summed E-state index contributed by atoms with van der Waals surface area (Å²) in [4.78, 5) is 16.2. The first-order valence-electron chi connectivity index (χ1n) is 6.45.